The molecule has 0 saturated carbocycles. The van der Waals surface area contributed by atoms with Crippen LogP contribution in [0.3, 0.4) is 0 Å². The summed E-state index contributed by atoms with van der Waals surface area (Å²) in [7, 11) is 0. The number of pyridine rings is 1. The number of nitrogens with one attached hydrogen (secondary N) is 2. The predicted octanol–water partition coefficient (Wildman–Crippen LogP) is 2.39. The Morgan fingerprint density at radius 1 is 1.09 bits per heavy atom. The van der Waals surface area contributed by atoms with Crippen molar-refractivity contribution >= 4 is 34.5 Å². The molecular weight excluding hydrogens is 424 g/mol. The number of para-hydroxylation sites is 1. The van der Waals surface area contributed by atoms with Crippen molar-refractivity contribution in [1.82, 2.24) is 15.6 Å². The minimum Gasteiger partial charge on any atom is -0.454 e. The molecule has 2 saturated heterocycles. The van der Waals surface area contributed by atoms with Crippen LogP contribution < -0.4 is 15.5 Å². The number of anilines is 1. The van der Waals surface area contributed by atoms with Gasteiger partial charge in [0.1, 0.15) is 11.3 Å². The first-order valence-electron chi connectivity index (χ1n) is 10.9. The third kappa shape index (κ3) is 2.82. The molecule has 3 aromatic rings. The number of urea groups is 1. The second-order valence-electron chi connectivity index (χ2n) is 8.98. The molecule has 2 aromatic heterocycles. The molecule has 6 rings (SSSR count). The Balaban J connectivity index is 1.51. The second kappa shape index (κ2) is 6.89. The number of fused-ring (bicyclic) bond motifs is 5. The van der Waals surface area contributed by atoms with E-state index in [0.717, 1.165) is 22.2 Å². The highest BCUT2D eigenvalue weighted by Crippen LogP contribution is 2.47. The number of morpholine rings is 1. The molecule has 9 nitrogen and oxygen atoms in total. The zero-order valence-electron chi connectivity index (χ0n) is 18.1. The quantitative estimate of drug-likeness (QED) is 0.552. The molecule has 3 aliphatic rings. The van der Waals surface area contributed by atoms with Crippen LogP contribution in [0.15, 0.2) is 47.0 Å². The molecule has 1 aromatic carbocycles. The SMILES string of the molecule is C[C@@H]1CN2c3cnc(-c4cc5ccccc5o4)cc3CC3(C(=O)NC(=O)NC3=O)[C@H]2[C@H](C)O1. The third-order valence-electron chi connectivity index (χ3n) is 6.87. The maximum absolute atomic E-state index is 13.2. The molecule has 168 valence electrons. The van der Waals surface area contributed by atoms with Crippen LogP contribution in [0.2, 0.25) is 0 Å². The fourth-order valence-corrected chi connectivity index (χ4v) is 5.57. The van der Waals surface area contributed by atoms with Crippen molar-refractivity contribution in [3.63, 3.8) is 0 Å². The van der Waals surface area contributed by atoms with Gasteiger partial charge in [-0.2, -0.15) is 0 Å². The summed E-state index contributed by atoms with van der Waals surface area (Å²) < 4.78 is 12.0. The van der Waals surface area contributed by atoms with Gasteiger partial charge in [-0.3, -0.25) is 25.2 Å². The molecule has 0 unspecified atom stereocenters. The summed E-state index contributed by atoms with van der Waals surface area (Å²) in [6, 6.07) is 10.1. The highest BCUT2D eigenvalue weighted by atomic mass is 16.5. The van der Waals surface area contributed by atoms with Gasteiger partial charge in [-0.25, -0.2) is 4.79 Å². The van der Waals surface area contributed by atoms with Crippen molar-refractivity contribution in [3.05, 3.63) is 48.2 Å². The van der Waals surface area contributed by atoms with Gasteiger partial charge in [0.05, 0.1) is 30.1 Å². The van der Waals surface area contributed by atoms with Gasteiger partial charge in [0.25, 0.3) is 0 Å². The lowest BCUT2D eigenvalue weighted by Gasteiger charge is -2.55. The van der Waals surface area contributed by atoms with E-state index in [2.05, 4.69) is 15.6 Å². The molecule has 0 bridgehead atoms. The number of barbiturate groups is 1. The molecule has 9 heteroatoms. The van der Waals surface area contributed by atoms with Crippen molar-refractivity contribution in [3.8, 4) is 11.5 Å². The first-order chi connectivity index (χ1) is 15.9. The predicted molar refractivity (Wildman–Crippen MR) is 118 cm³/mol. The van der Waals surface area contributed by atoms with E-state index in [-0.39, 0.29) is 12.5 Å². The van der Waals surface area contributed by atoms with E-state index in [9.17, 15) is 14.4 Å². The third-order valence-corrected chi connectivity index (χ3v) is 6.87. The fourth-order valence-electron chi connectivity index (χ4n) is 5.57. The molecule has 1 spiro atoms. The van der Waals surface area contributed by atoms with Crippen LogP contribution in [0.5, 0.6) is 0 Å². The number of amides is 4. The van der Waals surface area contributed by atoms with Gasteiger partial charge in [-0.1, -0.05) is 18.2 Å². The maximum atomic E-state index is 13.2. The van der Waals surface area contributed by atoms with Crippen LogP contribution in [0.1, 0.15) is 19.4 Å². The number of aromatic nitrogens is 1. The summed E-state index contributed by atoms with van der Waals surface area (Å²) in [5.74, 6) is -0.611. The van der Waals surface area contributed by atoms with E-state index >= 15 is 0 Å². The lowest BCUT2D eigenvalue weighted by atomic mass is 9.67. The first-order valence-corrected chi connectivity index (χ1v) is 10.9. The molecule has 5 heterocycles. The molecule has 3 atom stereocenters. The number of furan rings is 1. The standard InChI is InChI=1S/C24H22N4O5/c1-12-11-28-17-10-25-16(19-8-14-5-3-4-6-18(14)33-19)7-15(17)9-24(20(28)13(2)32-12)21(29)26-23(31)27-22(24)30/h3-8,10,12-13,20H,9,11H2,1-2H3,(H2,26,27,29,30,31)/t12-,13+,20-/m1/s1. The largest absolute Gasteiger partial charge is 0.454 e. The summed E-state index contributed by atoms with van der Waals surface area (Å²) in [4.78, 5) is 45.0. The molecule has 33 heavy (non-hydrogen) atoms. The van der Waals surface area contributed by atoms with Crippen LogP contribution in [-0.2, 0) is 20.7 Å². The van der Waals surface area contributed by atoms with Crippen LogP contribution >= 0.6 is 0 Å². The van der Waals surface area contributed by atoms with Crippen LogP contribution in [0.4, 0.5) is 10.5 Å². The molecule has 0 aliphatic carbocycles. The van der Waals surface area contributed by atoms with Gasteiger partial charge < -0.3 is 14.1 Å². The number of carbonyl (C=O) groups excluding carboxylic acids is 3. The first kappa shape index (κ1) is 19.9. The number of carbonyl (C=O) groups is 3. The number of imide groups is 2. The molecule has 2 fully saturated rings. The summed E-state index contributed by atoms with van der Waals surface area (Å²) in [6.07, 6.45) is 1.37. The fraction of sp³-hybridized carbons (Fsp3) is 0.333. The average Bonchev–Trinajstić information content (AvgIpc) is 3.21. The maximum Gasteiger partial charge on any atom is 0.328 e. The van der Waals surface area contributed by atoms with Gasteiger partial charge >= 0.3 is 6.03 Å². The van der Waals surface area contributed by atoms with Gasteiger partial charge in [0, 0.05) is 18.4 Å². The van der Waals surface area contributed by atoms with Gasteiger partial charge in [-0.15, -0.1) is 0 Å². The van der Waals surface area contributed by atoms with Gasteiger partial charge in [0.15, 0.2) is 11.2 Å². The Kier molecular flexibility index (Phi) is 4.16. The Morgan fingerprint density at radius 3 is 2.61 bits per heavy atom. The Morgan fingerprint density at radius 2 is 1.85 bits per heavy atom. The molecule has 4 amide bonds. The van der Waals surface area contributed by atoms with E-state index in [4.69, 9.17) is 9.15 Å². The number of hydrogen-bond donors (Lipinski definition) is 2. The highest BCUT2D eigenvalue weighted by molar-refractivity contribution is 6.20. The van der Waals surface area contributed by atoms with Gasteiger partial charge in [0.2, 0.25) is 11.8 Å². The van der Waals surface area contributed by atoms with E-state index in [1.165, 1.54) is 0 Å². The Hall–Kier alpha value is -3.72. The van der Waals surface area contributed by atoms with E-state index in [1.54, 1.807) is 6.20 Å². The van der Waals surface area contributed by atoms with Crippen molar-refractivity contribution in [2.75, 3.05) is 11.4 Å². The van der Waals surface area contributed by atoms with Crippen molar-refractivity contribution in [2.45, 2.75) is 38.5 Å². The Bertz CT molecular complexity index is 1280. The van der Waals surface area contributed by atoms with Crippen molar-refractivity contribution < 1.29 is 23.5 Å². The monoisotopic (exact) mass is 446 g/mol. The van der Waals surface area contributed by atoms with Gasteiger partial charge in [-0.05, 0) is 37.6 Å². The summed E-state index contributed by atoms with van der Waals surface area (Å²) in [5, 5.41) is 5.57. The Labute approximate surface area is 189 Å². The van der Waals surface area contributed by atoms with E-state index in [1.807, 2.05) is 55.1 Å². The minimum atomic E-state index is -1.51. The summed E-state index contributed by atoms with van der Waals surface area (Å²) in [5.41, 5.74) is 1.50. The number of hydrogen-bond acceptors (Lipinski definition) is 7. The highest BCUT2D eigenvalue weighted by Gasteiger charge is 2.62. The molecule has 0 radical (unpaired) electrons. The van der Waals surface area contributed by atoms with Crippen molar-refractivity contribution in [2.24, 2.45) is 5.41 Å². The second-order valence-corrected chi connectivity index (χ2v) is 8.98. The van der Waals surface area contributed by atoms with Crippen LogP contribution in [0.25, 0.3) is 22.4 Å². The van der Waals surface area contributed by atoms with Crippen molar-refractivity contribution in [1.29, 1.82) is 0 Å². The molecule has 3 aliphatic heterocycles. The number of ether oxygens (including phenoxy) is 1. The van der Waals surface area contributed by atoms with Crippen LogP contribution in [0, 0.1) is 5.41 Å². The van der Waals surface area contributed by atoms with E-state index in [0.29, 0.717) is 18.0 Å². The number of benzene rings is 1. The minimum absolute atomic E-state index is 0.106. The molecular formula is C24H22N4O5. The summed E-state index contributed by atoms with van der Waals surface area (Å²) >= 11 is 0. The normalized spacial score (nSPS) is 26.1. The lowest BCUT2D eigenvalue weighted by Crippen LogP contribution is -2.75. The lowest BCUT2D eigenvalue weighted by molar-refractivity contribution is -0.153. The zero-order valence-corrected chi connectivity index (χ0v) is 18.1. The van der Waals surface area contributed by atoms with Crippen LogP contribution in [-0.4, -0.2) is 47.6 Å². The zero-order chi connectivity index (χ0) is 22.9. The topological polar surface area (TPSA) is 114 Å². The molecule has 2 N–H and O–H groups in total. The average molecular weight is 446 g/mol. The number of rotatable bonds is 1. The summed E-state index contributed by atoms with van der Waals surface area (Å²) in [6.45, 7) is 4.30. The number of nitrogens with zero attached hydrogens (tertiary/aromatic N) is 2. The van der Waals surface area contributed by atoms with E-state index < -0.39 is 35.4 Å². The smallest absolute Gasteiger partial charge is 0.328 e.